The van der Waals surface area contributed by atoms with E-state index >= 15 is 0 Å². The molecule has 1 heterocycles. The molecule has 2 atom stereocenters. The number of hydrogen-bond donors (Lipinski definition) is 2. The van der Waals surface area contributed by atoms with Gasteiger partial charge in [0.15, 0.2) is 0 Å². The third-order valence-electron chi connectivity index (χ3n) is 4.63. The zero-order valence-corrected chi connectivity index (χ0v) is 13.2. The second kappa shape index (κ2) is 5.99. The summed E-state index contributed by atoms with van der Waals surface area (Å²) in [5.74, 6) is 0.415. The normalized spacial score (nSPS) is 24.5. The number of rotatable bonds is 1. The Morgan fingerprint density at radius 3 is 3.00 bits per heavy atom. The topological polar surface area (TPSA) is 61.4 Å². The van der Waals surface area contributed by atoms with Crippen molar-refractivity contribution in [2.75, 3.05) is 19.6 Å². The predicted octanol–water partition coefficient (Wildman–Crippen LogP) is 1.76. The van der Waals surface area contributed by atoms with Gasteiger partial charge in [0.2, 0.25) is 5.91 Å². The number of nitrogens with one attached hydrogen (secondary N) is 2. The van der Waals surface area contributed by atoms with Gasteiger partial charge in [0.1, 0.15) is 0 Å². The minimum atomic E-state index is -0.0669. The molecule has 22 heavy (non-hydrogen) atoms. The largest absolute Gasteiger partial charge is 0.354 e. The third-order valence-corrected chi connectivity index (χ3v) is 4.63. The first-order valence-corrected chi connectivity index (χ1v) is 7.96. The lowest BCUT2D eigenvalue weighted by Crippen LogP contribution is -2.43. The van der Waals surface area contributed by atoms with Crippen LogP contribution < -0.4 is 10.6 Å². The molecule has 1 aromatic carbocycles. The number of carbonyl (C=O) groups excluding carboxylic acids is 2. The van der Waals surface area contributed by atoms with Crippen LogP contribution in [-0.2, 0) is 11.2 Å². The van der Waals surface area contributed by atoms with Crippen molar-refractivity contribution < 1.29 is 9.59 Å². The van der Waals surface area contributed by atoms with Crippen LogP contribution in [0.1, 0.15) is 36.1 Å². The smallest absolute Gasteiger partial charge is 0.317 e. The summed E-state index contributed by atoms with van der Waals surface area (Å²) in [6.45, 7) is 5.84. The highest BCUT2D eigenvalue weighted by Crippen LogP contribution is 2.36. The molecule has 118 valence electrons. The second-order valence-corrected chi connectivity index (χ2v) is 6.40. The summed E-state index contributed by atoms with van der Waals surface area (Å²) in [7, 11) is 0. The molecule has 1 fully saturated rings. The van der Waals surface area contributed by atoms with Crippen LogP contribution in [0.5, 0.6) is 0 Å². The first-order valence-electron chi connectivity index (χ1n) is 7.96. The number of aryl methyl sites for hydroxylation is 1. The Morgan fingerprint density at radius 1 is 1.36 bits per heavy atom. The van der Waals surface area contributed by atoms with Gasteiger partial charge in [0, 0.05) is 26.1 Å². The lowest BCUT2D eigenvalue weighted by atomic mass is 10.0. The van der Waals surface area contributed by atoms with Crippen molar-refractivity contribution >= 4 is 11.9 Å². The molecule has 3 amide bonds. The molecule has 0 saturated carbocycles. The van der Waals surface area contributed by atoms with Gasteiger partial charge in [-0.2, -0.15) is 0 Å². The molecule has 0 unspecified atom stereocenters. The highest BCUT2D eigenvalue weighted by Gasteiger charge is 2.32. The van der Waals surface area contributed by atoms with Gasteiger partial charge in [-0.15, -0.1) is 0 Å². The maximum Gasteiger partial charge on any atom is 0.317 e. The number of carbonyl (C=O) groups is 2. The highest BCUT2D eigenvalue weighted by atomic mass is 16.2. The SMILES string of the molecule is Cc1ccc2c(c1)[C@H](NC(=O)N1CCNC(=O)CC1)[C@@H](C)C2. The molecular weight excluding hydrogens is 278 g/mol. The summed E-state index contributed by atoms with van der Waals surface area (Å²) >= 11 is 0. The van der Waals surface area contributed by atoms with Gasteiger partial charge in [0.25, 0.3) is 0 Å². The van der Waals surface area contributed by atoms with Crippen LogP contribution in [0.15, 0.2) is 18.2 Å². The van der Waals surface area contributed by atoms with Crippen LogP contribution in [0.25, 0.3) is 0 Å². The van der Waals surface area contributed by atoms with Crippen LogP contribution in [-0.4, -0.2) is 36.5 Å². The molecule has 0 radical (unpaired) electrons. The van der Waals surface area contributed by atoms with Gasteiger partial charge in [-0.05, 0) is 30.4 Å². The van der Waals surface area contributed by atoms with Gasteiger partial charge in [0.05, 0.1) is 6.04 Å². The molecular formula is C17H23N3O2. The Bertz CT molecular complexity index is 600. The molecule has 0 spiro atoms. The number of fused-ring (bicyclic) bond motifs is 1. The summed E-state index contributed by atoms with van der Waals surface area (Å²) in [5, 5.41) is 5.97. The van der Waals surface area contributed by atoms with Crippen molar-refractivity contribution in [2.24, 2.45) is 5.92 Å². The molecule has 5 nitrogen and oxygen atoms in total. The zero-order valence-electron chi connectivity index (χ0n) is 13.2. The van der Waals surface area contributed by atoms with Crippen LogP contribution in [0, 0.1) is 12.8 Å². The first kappa shape index (κ1) is 14.9. The van der Waals surface area contributed by atoms with Crippen molar-refractivity contribution in [1.29, 1.82) is 0 Å². The predicted molar refractivity (Wildman–Crippen MR) is 84.5 cm³/mol. The fourth-order valence-electron chi connectivity index (χ4n) is 3.38. The van der Waals surface area contributed by atoms with Crippen LogP contribution in [0.2, 0.25) is 0 Å². The maximum absolute atomic E-state index is 12.5. The van der Waals surface area contributed by atoms with Crippen molar-refractivity contribution in [3.8, 4) is 0 Å². The van der Waals surface area contributed by atoms with Crippen molar-refractivity contribution in [3.63, 3.8) is 0 Å². The van der Waals surface area contributed by atoms with E-state index in [0.717, 1.165) is 6.42 Å². The van der Waals surface area contributed by atoms with Crippen LogP contribution in [0.4, 0.5) is 4.79 Å². The summed E-state index contributed by atoms with van der Waals surface area (Å²) in [5.41, 5.74) is 3.79. The molecule has 3 rings (SSSR count). The summed E-state index contributed by atoms with van der Waals surface area (Å²) in [6.07, 6.45) is 1.38. The number of amides is 3. The lowest BCUT2D eigenvalue weighted by Gasteiger charge is -2.25. The maximum atomic E-state index is 12.5. The van der Waals surface area contributed by atoms with Crippen molar-refractivity contribution in [2.45, 2.75) is 32.7 Å². The van der Waals surface area contributed by atoms with E-state index in [1.807, 2.05) is 0 Å². The minimum absolute atomic E-state index is 0.0190. The highest BCUT2D eigenvalue weighted by molar-refractivity contribution is 5.79. The molecule has 1 aromatic rings. The van der Waals surface area contributed by atoms with E-state index in [-0.39, 0.29) is 18.0 Å². The summed E-state index contributed by atoms with van der Waals surface area (Å²) in [6, 6.07) is 6.47. The van der Waals surface area contributed by atoms with Crippen molar-refractivity contribution in [1.82, 2.24) is 15.5 Å². The standard InChI is InChI=1S/C17H23N3O2/c1-11-3-4-13-10-12(2)16(14(13)9-11)19-17(22)20-7-5-15(21)18-6-8-20/h3-4,9,12,16H,5-8,10H2,1-2H3,(H,18,21)(H,19,22)/t12-,16+/m0/s1. The van der Waals surface area contributed by atoms with Gasteiger partial charge < -0.3 is 15.5 Å². The average Bonchev–Trinajstić information content (AvgIpc) is 2.65. The molecule has 2 N–H and O–H groups in total. The van der Waals surface area contributed by atoms with E-state index in [1.165, 1.54) is 16.7 Å². The zero-order chi connectivity index (χ0) is 15.7. The lowest BCUT2D eigenvalue weighted by molar-refractivity contribution is -0.120. The molecule has 2 aliphatic rings. The van der Waals surface area contributed by atoms with E-state index in [9.17, 15) is 9.59 Å². The quantitative estimate of drug-likeness (QED) is 0.830. The molecule has 1 aliphatic carbocycles. The first-order chi connectivity index (χ1) is 10.5. The number of benzene rings is 1. The van der Waals surface area contributed by atoms with Gasteiger partial charge in [-0.3, -0.25) is 4.79 Å². The Labute approximate surface area is 131 Å². The third kappa shape index (κ3) is 2.93. The van der Waals surface area contributed by atoms with Crippen molar-refractivity contribution in [3.05, 3.63) is 34.9 Å². The Balaban J connectivity index is 1.71. The Morgan fingerprint density at radius 2 is 2.18 bits per heavy atom. The van der Waals surface area contributed by atoms with Gasteiger partial charge >= 0.3 is 6.03 Å². The van der Waals surface area contributed by atoms with E-state index in [1.54, 1.807) is 4.90 Å². The van der Waals surface area contributed by atoms with E-state index in [2.05, 4.69) is 42.7 Å². The van der Waals surface area contributed by atoms with Crippen LogP contribution >= 0.6 is 0 Å². The molecule has 0 aromatic heterocycles. The molecule has 1 saturated heterocycles. The van der Waals surface area contributed by atoms with E-state index < -0.39 is 0 Å². The Hall–Kier alpha value is -2.04. The summed E-state index contributed by atoms with van der Waals surface area (Å²) < 4.78 is 0. The van der Waals surface area contributed by atoms with Gasteiger partial charge in [-0.25, -0.2) is 4.79 Å². The molecule has 5 heteroatoms. The second-order valence-electron chi connectivity index (χ2n) is 6.40. The van der Waals surface area contributed by atoms with E-state index in [0.29, 0.717) is 32.0 Å². The summed E-state index contributed by atoms with van der Waals surface area (Å²) in [4.78, 5) is 25.6. The average molecular weight is 301 g/mol. The number of urea groups is 1. The minimum Gasteiger partial charge on any atom is -0.354 e. The van der Waals surface area contributed by atoms with Gasteiger partial charge in [-0.1, -0.05) is 30.7 Å². The Kier molecular flexibility index (Phi) is 4.05. The monoisotopic (exact) mass is 301 g/mol. The van der Waals surface area contributed by atoms with E-state index in [4.69, 9.17) is 0 Å². The van der Waals surface area contributed by atoms with Crippen LogP contribution in [0.3, 0.4) is 0 Å². The fraction of sp³-hybridized carbons (Fsp3) is 0.529. The molecule has 1 aliphatic heterocycles. The number of nitrogens with zero attached hydrogens (tertiary/aromatic N) is 1. The fourth-order valence-corrected chi connectivity index (χ4v) is 3.38. The molecule has 0 bridgehead atoms. The number of hydrogen-bond acceptors (Lipinski definition) is 2.